The molecule has 0 aliphatic carbocycles. The zero-order chi connectivity index (χ0) is 15.5. The van der Waals surface area contributed by atoms with Crippen LogP contribution >= 0.6 is 11.6 Å². The second-order valence-electron chi connectivity index (χ2n) is 4.40. The van der Waals surface area contributed by atoms with E-state index < -0.39 is 11.7 Å². The minimum atomic E-state index is -4.33. The monoisotopic (exact) mass is 315 g/mol. The molecular formula is C15H13ClF3NO. The molecule has 21 heavy (non-hydrogen) atoms. The topological polar surface area (TPSA) is 21.3 Å². The Morgan fingerprint density at radius 1 is 1.14 bits per heavy atom. The summed E-state index contributed by atoms with van der Waals surface area (Å²) in [6, 6.07) is 10.3. The summed E-state index contributed by atoms with van der Waals surface area (Å²) in [6.07, 6.45) is -4.33. The average Bonchev–Trinajstić information content (AvgIpc) is 2.45. The lowest BCUT2D eigenvalue weighted by atomic mass is 10.1. The van der Waals surface area contributed by atoms with Gasteiger partial charge in [-0.15, -0.1) is 0 Å². The predicted molar refractivity (Wildman–Crippen MR) is 76.8 cm³/mol. The SMILES string of the molecule is COc1ccc(NCc2cccc(C(F)(F)F)c2)cc1Cl. The van der Waals surface area contributed by atoms with Crippen molar-refractivity contribution in [2.24, 2.45) is 0 Å². The van der Waals surface area contributed by atoms with Gasteiger partial charge in [-0.1, -0.05) is 23.7 Å². The summed E-state index contributed by atoms with van der Waals surface area (Å²) in [5, 5.41) is 3.46. The molecule has 0 aliphatic rings. The first-order chi connectivity index (χ1) is 9.90. The molecule has 2 aromatic rings. The van der Waals surface area contributed by atoms with Crippen LogP contribution in [0.2, 0.25) is 5.02 Å². The normalized spacial score (nSPS) is 11.3. The molecular weight excluding hydrogens is 303 g/mol. The largest absolute Gasteiger partial charge is 0.495 e. The fourth-order valence-corrected chi connectivity index (χ4v) is 2.10. The highest BCUT2D eigenvalue weighted by Crippen LogP contribution is 2.30. The average molecular weight is 316 g/mol. The standard InChI is InChI=1S/C15H13ClF3NO/c1-21-14-6-5-12(8-13(14)16)20-9-10-3-2-4-11(7-10)15(17,18)19/h2-8,20H,9H2,1H3. The molecule has 0 unspecified atom stereocenters. The molecule has 6 heteroatoms. The first-order valence-corrected chi connectivity index (χ1v) is 6.51. The summed E-state index contributed by atoms with van der Waals surface area (Å²) in [5.74, 6) is 0.543. The second kappa shape index (κ2) is 6.26. The summed E-state index contributed by atoms with van der Waals surface area (Å²) in [7, 11) is 1.51. The third-order valence-corrected chi connectivity index (χ3v) is 3.20. The number of halogens is 4. The zero-order valence-corrected chi connectivity index (χ0v) is 11.9. The molecule has 0 saturated carbocycles. The van der Waals surface area contributed by atoms with E-state index in [0.29, 0.717) is 22.0 Å². The molecule has 0 saturated heterocycles. The van der Waals surface area contributed by atoms with Crippen molar-refractivity contribution in [1.29, 1.82) is 0 Å². The van der Waals surface area contributed by atoms with Crippen LogP contribution in [0.3, 0.4) is 0 Å². The predicted octanol–water partition coefficient (Wildman–Crippen LogP) is 4.98. The van der Waals surface area contributed by atoms with Gasteiger partial charge in [0, 0.05) is 12.2 Å². The quantitative estimate of drug-likeness (QED) is 0.859. The Morgan fingerprint density at radius 2 is 1.90 bits per heavy atom. The molecule has 0 heterocycles. The fourth-order valence-electron chi connectivity index (χ4n) is 1.84. The molecule has 0 radical (unpaired) electrons. The smallest absolute Gasteiger partial charge is 0.416 e. The molecule has 0 fully saturated rings. The summed E-state index contributed by atoms with van der Waals surface area (Å²) < 4.78 is 42.9. The van der Waals surface area contributed by atoms with Gasteiger partial charge in [0.2, 0.25) is 0 Å². The van der Waals surface area contributed by atoms with Gasteiger partial charge in [0.25, 0.3) is 0 Å². The maximum Gasteiger partial charge on any atom is 0.416 e. The van der Waals surface area contributed by atoms with E-state index in [1.807, 2.05) is 0 Å². The van der Waals surface area contributed by atoms with E-state index in [2.05, 4.69) is 5.32 Å². The molecule has 0 bridgehead atoms. The minimum Gasteiger partial charge on any atom is -0.495 e. The maximum atomic E-state index is 12.6. The van der Waals surface area contributed by atoms with Gasteiger partial charge in [0.1, 0.15) is 5.75 Å². The highest BCUT2D eigenvalue weighted by Gasteiger charge is 2.30. The number of hydrogen-bond acceptors (Lipinski definition) is 2. The van der Waals surface area contributed by atoms with Crippen molar-refractivity contribution in [3.63, 3.8) is 0 Å². The molecule has 2 nitrogen and oxygen atoms in total. The van der Waals surface area contributed by atoms with Crippen LogP contribution < -0.4 is 10.1 Å². The molecule has 2 rings (SSSR count). The number of anilines is 1. The molecule has 0 atom stereocenters. The number of ether oxygens (including phenoxy) is 1. The summed E-state index contributed by atoms with van der Waals surface area (Å²) in [6.45, 7) is 0.270. The van der Waals surface area contributed by atoms with Gasteiger partial charge in [-0.3, -0.25) is 0 Å². The van der Waals surface area contributed by atoms with Crippen molar-refractivity contribution in [2.45, 2.75) is 12.7 Å². The first kappa shape index (κ1) is 15.5. The zero-order valence-electron chi connectivity index (χ0n) is 11.2. The van der Waals surface area contributed by atoms with Crippen LogP contribution in [-0.2, 0) is 12.7 Å². The maximum absolute atomic E-state index is 12.6. The van der Waals surface area contributed by atoms with E-state index in [-0.39, 0.29) is 6.54 Å². The van der Waals surface area contributed by atoms with Crippen LogP contribution in [0.25, 0.3) is 0 Å². The van der Waals surface area contributed by atoms with E-state index in [4.69, 9.17) is 16.3 Å². The summed E-state index contributed by atoms with van der Waals surface area (Å²) >= 11 is 5.98. The summed E-state index contributed by atoms with van der Waals surface area (Å²) in [5.41, 5.74) is 0.588. The Bertz CT molecular complexity index is 629. The number of methoxy groups -OCH3 is 1. The highest BCUT2D eigenvalue weighted by molar-refractivity contribution is 6.32. The summed E-state index contributed by atoms with van der Waals surface area (Å²) in [4.78, 5) is 0. The number of hydrogen-bond donors (Lipinski definition) is 1. The van der Waals surface area contributed by atoms with Crippen molar-refractivity contribution >= 4 is 17.3 Å². The number of benzene rings is 2. The Balaban J connectivity index is 2.08. The van der Waals surface area contributed by atoms with E-state index in [9.17, 15) is 13.2 Å². The van der Waals surface area contributed by atoms with Crippen LogP contribution in [0.15, 0.2) is 42.5 Å². The molecule has 112 valence electrons. The Labute approximate surface area is 125 Å². The number of nitrogens with one attached hydrogen (secondary N) is 1. The highest BCUT2D eigenvalue weighted by atomic mass is 35.5. The second-order valence-corrected chi connectivity index (χ2v) is 4.81. The van der Waals surface area contributed by atoms with Crippen molar-refractivity contribution < 1.29 is 17.9 Å². The molecule has 2 aromatic carbocycles. The van der Waals surface area contributed by atoms with E-state index in [1.165, 1.54) is 13.2 Å². The third kappa shape index (κ3) is 4.04. The minimum absolute atomic E-state index is 0.270. The van der Waals surface area contributed by atoms with Gasteiger partial charge >= 0.3 is 6.18 Å². The molecule has 0 aliphatic heterocycles. The van der Waals surface area contributed by atoms with Gasteiger partial charge in [0.15, 0.2) is 0 Å². The molecule has 0 amide bonds. The van der Waals surface area contributed by atoms with Crippen molar-refractivity contribution in [2.75, 3.05) is 12.4 Å². The number of rotatable bonds is 4. The van der Waals surface area contributed by atoms with Gasteiger partial charge in [-0.05, 0) is 35.9 Å². The molecule has 0 spiro atoms. The fraction of sp³-hybridized carbons (Fsp3) is 0.200. The van der Waals surface area contributed by atoms with E-state index >= 15 is 0 Å². The van der Waals surface area contributed by atoms with Gasteiger partial charge in [-0.2, -0.15) is 13.2 Å². The van der Waals surface area contributed by atoms with E-state index in [1.54, 1.807) is 24.3 Å². The Hall–Kier alpha value is -1.88. The molecule has 1 N–H and O–H groups in total. The van der Waals surface area contributed by atoms with E-state index in [0.717, 1.165) is 12.1 Å². The lowest BCUT2D eigenvalue weighted by molar-refractivity contribution is -0.137. The van der Waals surface area contributed by atoms with Crippen LogP contribution in [-0.4, -0.2) is 7.11 Å². The first-order valence-electron chi connectivity index (χ1n) is 6.13. The molecule has 0 aromatic heterocycles. The Kier molecular flexibility index (Phi) is 4.63. The third-order valence-electron chi connectivity index (χ3n) is 2.90. The van der Waals surface area contributed by atoms with Crippen molar-refractivity contribution in [3.8, 4) is 5.75 Å². The van der Waals surface area contributed by atoms with Crippen LogP contribution in [0.1, 0.15) is 11.1 Å². The van der Waals surface area contributed by atoms with Crippen LogP contribution in [0, 0.1) is 0 Å². The van der Waals surface area contributed by atoms with Crippen molar-refractivity contribution in [3.05, 3.63) is 58.6 Å². The van der Waals surface area contributed by atoms with Crippen LogP contribution in [0.5, 0.6) is 5.75 Å². The van der Waals surface area contributed by atoms with Gasteiger partial charge < -0.3 is 10.1 Å². The number of alkyl halides is 3. The Morgan fingerprint density at radius 3 is 2.52 bits per heavy atom. The van der Waals surface area contributed by atoms with Crippen molar-refractivity contribution in [1.82, 2.24) is 0 Å². The van der Waals surface area contributed by atoms with Gasteiger partial charge in [-0.25, -0.2) is 0 Å². The van der Waals surface area contributed by atoms with Gasteiger partial charge in [0.05, 0.1) is 17.7 Å². The lowest BCUT2D eigenvalue weighted by Gasteiger charge is -2.11. The van der Waals surface area contributed by atoms with Crippen LogP contribution in [0.4, 0.5) is 18.9 Å². The lowest BCUT2D eigenvalue weighted by Crippen LogP contribution is -2.06.